The van der Waals surface area contributed by atoms with Crippen molar-refractivity contribution in [3.63, 3.8) is 0 Å². The molecule has 0 unspecified atom stereocenters. The maximum Gasteiger partial charge on any atom is 0.364 e. The number of hydrogen-bond acceptors (Lipinski definition) is 3. The van der Waals surface area contributed by atoms with E-state index in [9.17, 15) is 13.6 Å². The predicted octanol–water partition coefficient (Wildman–Crippen LogP) is 4.60. The van der Waals surface area contributed by atoms with Crippen LogP contribution in [0.1, 0.15) is 11.4 Å². The van der Waals surface area contributed by atoms with Gasteiger partial charge in [-0.3, -0.25) is 0 Å². The highest BCUT2D eigenvalue weighted by molar-refractivity contribution is 6.36. The van der Waals surface area contributed by atoms with Crippen molar-refractivity contribution in [2.75, 3.05) is 4.90 Å². The Labute approximate surface area is 145 Å². The Bertz CT molecular complexity index is 767. The van der Waals surface area contributed by atoms with Crippen molar-refractivity contribution in [2.45, 2.75) is 12.3 Å². The molecule has 1 aromatic carbocycles. The number of alkyl halides is 3. The van der Waals surface area contributed by atoms with E-state index in [1.54, 1.807) is 0 Å². The van der Waals surface area contributed by atoms with Gasteiger partial charge in [0.2, 0.25) is 5.95 Å². The Morgan fingerprint density at radius 1 is 1.26 bits per heavy atom. The van der Waals surface area contributed by atoms with Gasteiger partial charge in [0.25, 0.3) is 0 Å². The van der Waals surface area contributed by atoms with E-state index in [0.717, 1.165) is 11.0 Å². The number of aryl methyl sites for hydroxylation is 1. The molecule has 0 atom stereocenters. The minimum atomic E-state index is -3.73. The van der Waals surface area contributed by atoms with Crippen molar-refractivity contribution in [1.29, 1.82) is 0 Å². The number of aromatic nitrogens is 2. The maximum atomic E-state index is 13.3. The van der Waals surface area contributed by atoms with Crippen LogP contribution in [0.3, 0.4) is 0 Å². The summed E-state index contributed by atoms with van der Waals surface area (Å²) in [6.45, 7) is 1.44. The summed E-state index contributed by atoms with van der Waals surface area (Å²) in [6, 6.07) is 4.21. The number of benzene rings is 1. The fourth-order valence-electron chi connectivity index (χ4n) is 1.78. The lowest BCUT2D eigenvalue weighted by Crippen LogP contribution is -2.33. The number of nitrogens with two attached hydrogens (primary N) is 1. The molecular formula is C13H9Cl3F2N4O. The molecule has 0 aliphatic heterocycles. The number of hydrogen-bond donors (Lipinski definition) is 1. The minimum absolute atomic E-state index is 0.0566. The topological polar surface area (TPSA) is 72.1 Å². The molecule has 0 aliphatic carbocycles. The molecule has 0 spiro atoms. The Kier molecular flexibility index (Phi) is 4.93. The highest BCUT2D eigenvalue weighted by atomic mass is 35.5. The standard InChI is InChI=1S/C13H9Cl3F2N4O/c1-6-4-10(13(16,17)18)21-12(20-6)22(11(19)23)9-5-7(14)2-3-8(9)15/h2-5H,1H3,(H2,19,23). The van der Waals surface area contributed by atoms with Crippen LogP contribution >= 0.6 is 34.8 Å². The Morgan fingerprint density at radius 2 is 1.91 bits per heavy atom. The van der Waals surface area contributed by atoms with Gasteiger partial charge in [0, 0.05) is 10.7 Å². The third-order valence-electron chi connectivity index (χ3n) is 2.70. The number of carbonyl (C=O) groups is 1. The Hall–Kier alpha value is -1.70. The van der Waals surface area contributed by atoms with Crippen LogP contribution in [0.2, 0.25) is 10.0 Å². The lowest BCUT2D eigenvalue weighted by molar-refractivity contribution is 0.0898. The largest absolute Gasteiger partial charge is 0.364 e. The highest BCUT2D eigenvalue weighted by Crippen LogP contribution is 2.35. The van der Waals surface area contributed by atoms with Crippen molar-refractivity contribution in [3.05, 3.63) is 45.7 Å². The van der Waals surface area contributed by atoms with E-state index in [0.29, 0.717) is 0 Å². The number of nitrogens with zero attached hydrogens (tertiary/aromatic N) is 3. The third kappa shape index (κ3) is 3.99. The summed E-state index contributed by atoms with van der Waals surface area (Å²) in [5.74, 6) is -0.392. The van der Waals surface area contributed by atoms with Crippen LogP contribution in [0.4, 0.5) is 25.2 Å². The molecule has 0 radical (unpaired) electrons. The lowest BCUT2D eigenvalue weighted by atomic mass is 10.3. The molecule has 0 bridgehead atoms. The molecule has 122 valence electrons. The second-order valence-corrected chi connectivity index (χ2v) is 5.78. The van der Waals surface area contributed by atoms with E-state index in [4.69, 9.17) is 40.5 Å². The van der Waals surface area contributed by atoms with E-state index in [1.807, 2.05) is 0 Å². The van der Waals surface area contributed by atoms with Gasteiger partial charge in [0.15, 0.2) is 0 Å². The van der Waals surface area contributed by atoms with Crippen molar-refractivity contribution >= 4 is 52.5 Å². The number of urea groups is 1. The van der Waals surface area contributed by atoms with Crippen LogP contribution in [0.25, 0.3) is 0 Å². The van der Waals surface area contributed by atoms with Crippen LogP contribution in [0.15, 0.2) is 24.3 Å². The molecular weight excluding hydrogens is 373 g/mol. The van der Waals surface area contributed by atoms with Crippen molar-refractivity contribution in [3.8, 4) is 0 Å². The first-order chi connectivity index (χ1) is 10.6. The van der Waals surface area contributed by atoms with Crippen LogP contribution in [0, 0.1) is 6.92 Å². The van der Waals surface area contributed by atoms with E-state index in [-0.39, 0.29) is 21.4 Å². The van der Waals surface area contributed by atoms with Gasteiger partial charge in [-0.05, 0) is 42.8 Å². The van der Waals surface area contributed by atoms with Gasteiger partial charge >= 0.3 is 11.4 Å². The van der Waals surface area contributed by atoms with Crippen LogP contribution in [0.5, 0.6) is 0 Å². The summed E-state index contributed by atoms with van der Waals surface area (Å²) in [5, 5.41) is -3.37. The maximum absolute atomic E-state index is 13.3. The van der Waals surface area contributed by atoms with Gasteiger partial charge in [0.1, 0.15) is 5.69 Å². The zero-order valence-electron chi connectivity index (χ0n) is 11.5. The molecule has 23 heavy (non-hydrogen) atoms. The molecule has 0 fully saturated rings. The summed E-state index contributed by atoms with van der Waals surface area (Å²) in [6.07, 6.45) is 0. The number of carbonyl (C=O) groups excluding carboxylic acids is 1. The average molecular weight is 382 g/mol. The van der Waals surface area contributed by atoms with E-state index in [2.05, 4.69) is 9.97 Å². The summed E-state index contributed by atoms with van der Waals surface area (Å²) in [5.41, 5.74) is 4.76. The van der Waals surface area contributed by atoms with Gasteiger partial charge in [-0.25, -0.2) is 19.7 Å². The molecule has 0 saturated carbocycles. The molecule has 2 rings (SSSR count). The van der Waals surface area contributed by atoms with Crippen molar-refractivity contribution < 1.29 is 13.6 Å². The molecule has 2 N–H and O–H groups in total. The van der Waals surface area contributed by atoms with E-state index in [1.165, 1.54) is 25.1 Å². The second-order valence-electron chi connectivity index (χ2n) is 4.46. The number of halogens is 5. The molecule has 10 heteroatoms. The normalized spacial score (nSPS) is 11.4. The highest BCUT2D eigenvalue weighted by Gasteiger charge is 2.32. The smallest absolute Gasteiger partial charge is 0.351 e. The number of anilines is 2. The van der Waals surface area contributed by atoms with Crippen molar-refractivity contribution in [1.82, 2.24) is 9.97 Å². The fourth-order valence-corrected chi connectivity index (χ4v) is 2.25. The van der Waals surface area contributed by atoms with Gasteiger partial charge in [-0.15, -0.1) is 0 Å². The summed E-state index contributed by atoms with van der Waals surface area (Å²) < 4.78 is 26.6. The molecule has 0 aliphatic rings. The molecule has 2 aromatic rings. The average Bonchev–Trinajstić information content (AvgIpc) is 2.41. The summed E-state index contributed by atoms with van der Waals surface area (Å²) in [7, 11) is 0. The molecule has 1 aromatic heterocycles. The second kappa shape index (κ2) is 6.43. The van der Waals surface area contributed by atoms with Crippen LogP contribution in [-0.4, -0.2) is 16.0 Å². The van der Waals surface area contributed by atoms with Gasteiger partial charge in [0.05, 0.1) is 10.7 Å². The fraction of sp³-hybridized carbons (Fsp3) is 0.154. The Morgan fingerprint density at radius 3 is 2.48 bits per heavy atom. The predicted molar refractivity (Wildman–Crippen MR) is 84.7 cm³/mol. The zero-order chi connectivity index (χ0) is 17.4. The monoisotopic (exact) mass is 380 g/mol. The first kappa shape index (κ1) is 17.7. The zero-order valence-corrected chi connectivity index (χ0v) is 13.8. The summed E-state index contributed by atoms with van der Waals surface area (Å²) in [4.78, 5) is 20.1. The number of amides is 2. The molecule has 1 heterocycles. The van der Waals surface area contributed by atoms with Gasteiger partial charge in [-0.2, -0.15) is 8.78 Å². The number of rotatable bonds is 3. The minimum Gasteiger partial charge on any atom is -0.351 e. The first-order valence-electron chi connectivity index (χ1n) is 6.07. The number of primary amides is 1. The molecule has 5 nitrogen and oxygen atoms in total. The van der Waals surface area contributed by atoms with E-state index < -0.39 is 23.1 Å². The molecule has 2 amide bonds. The molecule has 0 saturated heterocycles. The van der Waals surface area contributed by atoms with Crippen LogP contribution < -0.4 is 10.6 Å². The SMILES string of the molecule is Cc1cc(C(F)(F)Cl)nc(N(C(N)=O)c2cc(Cl)ccc2Cl)n1. The van der Waals surface area contributed by atoms with Gasteiger partial charge in [-0.1, -0.05) is 23.2 Å². The van der Waals surface area contributed by atoms with E-state index >= 15 is 0 Å². The van der Waals surface area contributed by atoms with Crippen molar-refractivity contribution in [2.24, 2.45) is 5.73 Å². The first-order valence-corrected chi connectivity index (χ1v) is 7.20. The Balaban J connectivity index is 2.66. The van der Waals surface area contributed by atoms with Crippen LogP contribution in [-0.2, 0) is 5.38 Å². The lowest BCUT2D eigenvalue weighted by Gasteiger charge is -2.21. The quantitative estimate of drug-likeness (QED) is 0.790. The third-order valence-corrected chi connectivity index (χ3v) is 3.45. The summed E-state index contributed by atoms with van der Waals surface area (Å²) >= 11 is 16.9. The van der Waals surface area contributed by atoms with Gasteiger partial charge < -0.3 is 5.73 Å².